The summed E-state index contributed by atoms with van der Waals surface area (Å²) in [5.74, 6) is -0.717. The Morgan fingerprint density at radius 2 is 2.10 bits per heavy atom. The van der Waals surface area contributed by atoms with Gasteiger partial charge >= 0.3 is 5.97 Å². The van der Waals surface area contributed by atoms with Crippen molar-refractivity contribution in [2.24, 2.45) is 5.92 Å². The molecule has 5 nitrogen and oxygen atoms in total. The van der Waals surface area contributed by atoms with Crippen LogP contribution in [0.15, 0.2) is 22.7 Å². The van der Waals surface area contributed by atoms with E-state index in [2.05, 4.69) is 10.1 Å². The molecule has 0 amide bonds. The standard InChI is InChI=1S/C14H12Cl2N2O3/c15-10-5-4-7(6-11(10)16)12-17-13(21-18-12)8-2-1-3-9(8)14(19)20/h4-6,8-9H,1-3H2,(H,19,20). The number of benzene rings is 1. The molecule has 1 aromatic carbocycles. The normalized spacial score (nSPS) is 21.6. The average molecular weight is 327 g/mol. The number of aliphatic carboxylic acids is 1. The molecule has 1 saturated carbocycles. The number of hydrogen-bond donors (Lipinski definition) is 1. The first kappa shape index (κ1) is 14.4. The first-order chi connectivity index (χ1) is 10.1. The van der Waals surface area contributed by atoms with Crippen LogP contribution in [-0.4, -0.2) is 21.2 Å². The van der Waals surface area contributed by atoms with E-state index in [0.29, 0.717) is 33.7 Å². The minimum atomic E-state index is -0.813. The van der Waals surface area contributed by atoms with Gasteiger partial charge in [-0.25, -0.2) is 0 Å². The fraction of sp³-hybridized carbons (Fsp3) is 0.357. The number of carboxylic acid groups (broad SMARTS) is 1. The predicted molar refractivity (Wildman–Crippen MR) is 77.5 cm³/mol. The highest BCUT2D eigenvalue weighted by Gasteiger charge is 2.37. The maximum atomic E-state index is 11.2. The van der Waals surface area contributed by atoms with Crippen molar-refractivity contribution in [2.75, 3.05) is 0 Å². The Morgan fingerprint density at radius 3 is 2.81 bits per heavy atom. The molecular weight excluding hydrogens is 315 g/mol. The first-order valence-electron chi connectivity index (χ1n) is 6.58. The van der Waals surface area contributed by atoms with Gasteiger partial charge in [0.05, 0.1) is 21.9 Å². The SMILES string of the molecule is O=C(O)C1CCCC1c1nc(-c2ccc(Cl)c(Cl)c2)no1. The van der Waals surface area contributed by atoms with Crippen LogP contribution in [0, 0.1) is 5.92 Å². The molecule has 2 atom stereocenters. The fourth-order valence-corrected chi connectivity index (χ4v) is 2.99. The molecule has 0 spiro atoms. The Bertz CT molecular complexity index is 687. The van der Waals surface area contributed by atoms with Gasteiger partial charge < -0.3 is 9.63 Å². The highest BCUT2D eigenvalue weighted by molar-refractivity contribution is 6.42. The Balaban J connectivity index is 1.89. The zero-order valence-electron chi connectivity index (χ0n) is 10.9. The zero-order chi connectivity index (χ0) is 15.0. The van der Waals surface area contributed by atoms with Gasteiger partial charge in [-0.3, -0.25) is 4.79 Å². The van der Waals surface area contributed by atoms with Gasteiger partial charge in [-0.15, -0.1) is 0 Å². The Hall–Kier alpha value is -1.59. The van der Waals surface area contributed by atoms with E-state index >= 15 is 0 Å². The smallest absolute Gasteiger partial charge is 0.307 e. The molecule has 0 radical (unpaired) electrons. The van der Waals surface area contributed by atoms with Crippen LogP contribution in [0.25, 0.3) is 11.4 Å². The van der Waals surface area contributed by atoms with Crippen molar-refractivity contribution in [2.45, 2.75) is 25.2 Å². The highest BCUT2D eigenvalue weighted by atomic mass is 35.5. The minimum absolute atomic E-state index is 0.216. The van der Waals surface area contributed by atoms with E-state index in [-0.39, 0.29) is 5.92 Å². The van der Waals surface area contributed by atoms with Crippen molar-refractivity contribution < 1.29 is 14.4 Å². The van der Waals surface area contributed by atoms with Crippen molar-refractivity contribution in [1.82, 2.24) is 10.1 Å². The van der Waals surface area contributed by atoms with Gasteiger partial charge in [0.1, 0.15) is 0 Å². The molecule has 0 bridgehead atoms. The molecule has 1 aliphatic rings. The van der Waals surface area contributed by atoms with Gasteiger partial charge in [-0.1, -0.05) is 34.8 Å². The summed E-state index contributed by atoms with van der Waals surface area (Å²) in [6.45, 7) is 0. The third kappa shape index (κ3) is 2.76. The summed E-state index contributed by atoms with van der Waals surface area (Å²) in [6, 6.07) is 5.05. The van der Waals surface area contributed by atoms with Crippen LogP contribution in [0.3, 0.4) is 0 Å². The van der Waals surface area contributed by atoms with Crippen LogP contribution in [-0.2, 0) is 4.79 Å². The summed E-state index contributed by atoms with van der Waals surface area (Å²) in [7, 11) is 0. The monoisotopic (exact) mass is 326 g/mol. The van der Waals surface area contributed by atoms with Gasteiger partial charge in [0.15, 0.2) is 0 Å². The van der Waals surface area contributed by atoms with E-state index in [0.717, 1.165) is 12.8 Å². The number of aromatic nitrogens is 2. The molecule has 1 aliphatic carbocycles. The van der Waals surface area contributed by atoms with Crippen LogP contribution < -0.4 is 0 Å². The summed E-state index contributed by atoms with van der Waals surface area (Å²) in [5.41, 5.74) is 0.685. The lowest BCUT2D eigenvalue weighted by Gasteiger charge is -2.10. The summed E-state index contributed by atoms with van der Waals surface area (Å²) in [5, 5.41) is 14.0. The van der Waals surface area contributed by atoms with E-state index in [9.17, 15) is 9.90 Å². The topological polar surface area (TPSA) is 76.2 Å². The van der Waals surface area contributed by atoms with Crippen LogP contribution in [0.1, 0.15) is 31.1 Å². The second-order valence-electron chi connectivity index (χ2n) is 5.07. The van der Waals surface area contributed by atoms with Gasteiger partial charge in [0.2, 0.25) is 11.7 Å². The Labute approximate surface area is 130 Å². The first-order valence-corrected chi connectivity index (χ1v) is 7.33. The molecule has 21 heavy (non-hydrogen) atoms. The Morgan fingerprint density at radius 1 is 1.29 bits per heavy atom. The van der Waals surface area contributed by atoms with Gasteiger partial charge in [-0.05, 0) is 31.0 Å². The quantitative estimate of drug-likeness (QED) is 0.922. The molecular formula is C14H12Cl2N2O3. The molecule has 2 aromatic rings. The molecule has 1 heterocycles. The Kier molecular flexibility index (Phi) is 3.87. The molecule has 3 rings (SSSR count). The largest absolute Gasteiger partial charge is 0.481 e. The van der Waals surface area contributed by atoms with E-state index in [1.807, 2.05) is 0 Å². The number of nitrogens with zero attached hydrogens (tertiary/aromatic N) is 2. The second-order valence-corrected chi connectivity index (χ2v) is 5.88. The third-order valence-corrected chi connectivity index (χ3v) is 4.51. The molecule has 1 N–H and O–H groups in total. The maximum Gasteiger partial charge on any atom is 0.307 e. The van der Waals surface area contributed by atoms with E-state index in [4.69, 9.17) is 27.7 Å². The second kappa shape index (κ2) is 5.66. The van der Waals surface area contributed by atoms with Crippen LogP contribution in [0.5, 0.6) is 0 Å². The van der Waals surface area contributed by atoms with E-state index < -0.39 is 11.9 Å². The summed E-state index contributed by atoms with van der Waals surface area (Å²) >= 11 is 11.8. The molecule has 0 aliphatic heterocycles. The van der Waals surface area contributed by atoms with Crippen molar-refractivity contribution in [1.29, 1.82) is 0 Å². The van der Waals surface area contributed by atoms with Gasteiger partial charge in [-0.2, -0.15) is 4.98 Å². The fourth-order valence-electron chi connectivity index (χ4n) is 2.69. The summed E-state index contributed by atoms with van der Waals surface area (Å²) < 4.78 is 5.25. The predicted octanol–water partition coefficient (Wildman–Crippen LogP) is 4.01. The van der Waals surface area contributed by atoms with Crippen molar-refractivity contribution in [3.8, 4) is 11.4 Å². The number of rotatable bonds is 3. The molecule has 0 saturated heterocycles. The molecule has 7 heteroatoms. The van der Waals surface area contributed by atoms with Crippen molar-refractivity contribution >= 4 is 29.2 Å². The van der Waals surface area contributed by atoms with Crippen LogP contribution in [0.4, 0.5) is 0 Å². The molecule has 1 aromatic heterocycles. The van der Waals surface area contributed by atoms with Gasteiger partial charge in [0, 0.05) is 5.56 Å². The zero-order valence-corrected chi connectivity index (χ0v) is 12.4. The number of carboxylic acids is 1. The lowest BCUT2D eigenvalue weighted by atomic mass is 9.96. The average Bonchev–Trinajstić information content (AvgIpc) is 3.09. The lowest BCUT2D eigenvalue weighted by Crippen LogP contribution is -2.17. The van der Waals surface area contributed by atoms with Crippen LogP contribution in [0.2, 0.25) is 10.0 Å². The third-order valence-electron chi connectivity index (χ3n) is 3.77. The number of halogens is 2. The maximum absolute atomic E-state index is 11.2. The number of hydrogen-bond acceptors (Lipinski definition) is 4. The highest BCUT2D eigenvalue weighted by Crippen LogP contribution is 2.39. The summed E-state index contributed by atoms with van der Waals surface area (Å²) in [4.78, 5) is 15.5. The minimum Gasteiger partial charge on any atom is -0.481 e. The van der Waals surface area contributed by atoms with E-state index in [1.165, 1.54) is 0 Å². The van der Waals surface area contributed by atoms with Crippen LogP contribution >= 0.6 is 23.2 Å². The number of carbonyl (C=O) groups is 1. The molecule has 1 fully saturated rings. The van der Waals surface area contributed by atoms with Gasteiger partial charge in [0.25, 0.3) is 0 Å². The van der Waals surface area contributed by atoms with E-state index in [1.54, 1.807) is 18.2 Å². The molecule has 2 unspecified atom stereocenters. The van der Waals surface area contributed by atoms with Crippen molar-refractivity contribution in [3.63, 3.8) is 0 Å². The summed E-state index contributed by atoms with van der Waals surface area (Å²) in [6.07, 6.45) is 2.25. The molecule has 110 valence electrons. The van der Waals surface area contributed by atoms with Crippen molar-refractivity contribution in [3.05, 3.63) is 34.1 Å². The lowest BCUT2D eigenvalue weighted by molar-refractivity contribution is -0.142.